The topological polar surface area (TPSA) is 21.3 Å². The number of halogens is 1. The van der Waals surface area contributed by atoms with Gasteiger partial charge in [0.2, 0.25) is 0 Å². The molecule has 1 N–H and O–H groups in total. The molecule has 0 saturated heterocycles. The second-order valence-corrected chi connectivity index (χ2v) is 6.80. The van der Waals surface area contributed by atoms with E-state index in [0.717, 1.165) is 19.4 Å². The number of rotatable bonds is 6. The SMILES string of the molecule is CC1CCCC(CNC(C)C)(OCc2ccccc2F)C1. The summed E-state index contributed by atoms with van der Waals surface area (Å²) in [6.45, 7) is 7.80. The van der Waals surface area contributed by atoms with Crippen molar-refractivity contribution in [3.8, 4) is 0 Å². The van der Waals surface area contributed by atoms with E-state index in [1.165, 1.54) is 18.9 Å². The van der Waals surface area contributed by atoms with E-state index in [4.69, 9.17) is 4.74 Å². The molecule has 2 atom stereocenters. The Morgan fingerprint density at radius 1 is 1.38 bits per heavy atom. The fourth-order valence-corrected chi connectivity index (χ4v) is 3.19. The lowest BCUT2D eigenvalue weighted by atomic mass is 9.78. The predicted molar refractivity (Wildman–Crippen MR) is 84.7 cm³/mol. The van der Waals surface area contributed by atoms with Gasteiger partial charge in [0.25, 0.3) is 0 Å². The molecule has 1 aliphatic carbocycles. The summed E-state index contributed by atoms with van der Waals surface area (Å²) in [5, 5.41) is 3.51. The van der Waals surface area contributed by atoms with E-state index in [1.54, 1.807) is 6.07 Å². The number of hydrogen-bond donors (Lipinski definition) is 1. The van der Waals surface area contributed by atoms with Crippen molar-refractivity contribution in [3.05, 3.63) is 35.6 Å². The Balaban J connectivity index is 2.03. The molecular weight excluding hydrogens is 265 g/mol. The van der Waals surface area contributed by atoms with Gasteiger partial charge in [0, 0.05) is 18.2 Å². The molecular formula is C18H28FNO. The van der Waals surface area contributed by atoms with Crippen molar-refractivity contribution in [2.75, 3.05) is 6.54 Å². The zero-order chi connectivity index (χ0) is 15.3. The van der Waals surface area contributed by atoms with Gasteiger partial charge in [-0.3, -0.25) is 0 Å². The Labute approximate surface area is 128 Å². The lowest BCUT2D eigenvalue weighted by Crippen LogP contribution is -2.48. The second-order valence-electron chi connectivity index (χ2n) is 6.80. The lowest BCUT2D eigenvalue weighted by Gasteiger charge is -2.40. The van der Waals surface area contributed by atoms with E-state index in [0.29, 0.717) is 24.1 Å². The minimum atomic E-state index is -0.173. The van der Waals surface area contributed by atoms with E-state index in [2.05, 4.69) is 26.1 Å². The zero-order valence-electron chi connectivity index (χ0n) is 13.5. The van der Waals surface area contributed by atoms with Crippen molar-refractivity contribution in [2.24, 2.45) is 5.92 Å². The molecule has 0 amide bonds. The van der Waals surface area contributed by atoms with E-state index in [1.807, 2.05) is 12.1 Å². The molecule has 21 heavy (non-hydrogen) atoms. The van der Waals surface area contributed by atoms with E-state index < -0.39 is 0 Å². The highest BCUT2D eigenvalue weighted by molar-refractivity contribution is 5.16. The van der Waals surface area contributed by atoms with Crippen molar-refractivity contribution < 1.29 is 9.13 Å². The molecule has 118 valence electrons. The molecule has 2 nitrogen and oxygen atoms in total. The summed E-state index contributed by atoms with van der Waals surface area (Å²) in [5.74, 6) is 0.502. The van der Waals surface area contributed by atoms with Gasteiger partial charge in [-0.05, 0) is 24.8 Å². The molecule has 0 radical (unpaired) electrons. The molecule has 3 heteroatoms. The van der Waals surface area contributed by atoms with Crippen LogP contribution in [0.25, 0.3) is 0 Å². The van der Waals surface area contributed by atoms with Gasteiger partial charge in [-0.15, -0.1) is 0 Å². The van der Waals surface area contributed by atoms with Gasteiger partial charge in [0.1, 0.15) is 5.82 Å². The molecule has 1 saturated carbocycles. The number of nitrogens with one attached hydrogen (secondary N) is 1. The Hall–Kier alpha value is -0.930. The fourth-order valence-electron chi connectivity index (χ4n) is 3.19. The molecule has 0 aliphatic heterocycles. The maximum Gasteiger partial charge on any atom is 0.128 e. The first-order chi connectivity index (χ1) is 10.0. The first kappa shape index (κ1) is 16.4. The summed E-state index contributed by atoms with van der Waals surface area (Å²) in [6.07, 6.45) is 4.58. The van der Waals surface area contributed by atoms with Crippen LogP contribution in [-0.4, -0.2) is 18.2 Å². The maximum absolute atomic E-state index is 13.8. The fraction of sp³-hybridized carbons (Fsp3) is 0.667. The van der Waals surface area contributed by atoms with Crippen LogP contribution in [0.1, 0.15) is 52.0 Å². The quantitative estimate of drug-likeness (QED) is 0.845. The van der Waals surface area contributed by atoms with Crippen molar-refractivity contribution in [1.82, 2.24) is 5.32 Å². The summed E-state index contributed by atoms with van der Waals surface area (Å²) in [7, 11) is 0. The maximum atomic E-state index is 13.8. The standard InChI is InChI=1S/C18H28FNO/c1-14(2)20-13-18(10-6-7-15(3)11-18)21-12-16-8-4-5-9-17(16)19/h4-5,8-9,14-15,20H,6-7,10-13H2,1-3H3. The van der Waals surface area contributed by atoms with Crippen LogP contribution in [0, 0.1) is 11.7 Å². The molecule has 1 aromatic carbocycles. The molecule has 2 unspecified atom stereocenters. The zero-order valence-corrected chi connectivity index (χ0v) is 13.5. The summed E-state index contributed by atoms with van der Waals surface area (Å²) >= 11 is 0. The van der Waals surface area contributed by atoms with E-state index in [-0.39, 0.29) is 11.4 Å². The Kier molecular flexibility index (Phi) is 5.77. The summed E-state index contributed by atoms with van der Waals surface area (Å²) in [5.41, 5.74) is 0.504. The van der Waals surface area contributed by atoms with Crippen LogP contribution in [0.5, 0.6) is 0 Å². The summed E-state index contributed by atoms with van der Waals surface area (Å²) in [4.78, 5) is 0. The molecule has 0 spiro atoms. The molecule has 0 heterocycles. The van der Waals surface area contributed by atoms with E-state index >= 15 is 0 Å². The van der Waals surface area contributed by atoms with Gasteiger partial charge in [0.05, 0.1) is 12.2 Å². The van der Waals surface area contributed by atoms with Gasteiger partial charge in [-0.2, -0.15) is 0 Å². The summed E-state index contributed by atoms with van der Waals surface area (Å²) < 4.78 is 20.0. The van der Waals surface area contributed by atoms with Crippen molar-refractivity contribution >= 4 is 0 Å². The number of hydrogen-bond acceptors (Lipinski definition) is 2. The van der Waals surface area contributed by atoms with Crippen LogP contribution in [0.3, 0.4) is 0 Å². The average molecular weight is 293 g/mol. The molecule has 1 fully saturated rings. The smallest absolute Gasteiger partial charge is 0.128 e. The first-order valence-electron chi connectivity index (χ1n) is 8.11. The van der Waals surface area contributed by atoms with E-state index in [9.17, 15) is 4.39 Å². The van der Waals surface area contributed by atoms with Gasteiger partial charge in [-0.25, -0.2) is 4.39 Å². The third-order valence-electron chi connectivity index (χ3n) is 4.37. The van der Waals surface area contributed by atoms with Crippen LogP contribution in [-0.2, 0) is 11.3 Å². The van der Waals surface area contributed by atoms with Gasteiger partial charge < -0.3 is 10.1 Å². The lowest BCUT2D eigenvalue weighted by molar-refractivity contribution is -0.0904. The minimum absolute atomic E-state index is 0.149. The number of benzene rings is 1. The highest BCUT2D eigenvalue weighted by Crippen LogP contribution is 2.35. The van der Waals surface area contributed by atoms with Crippen molar-refractivity contribution in [3.63, 3.8) is 0 Å². The van der Waals surface area contributed by atoms with Crippen LogP contribution in [0.4, 0.5) is 4.39 Å². The Morgan fingerprint density at radius 3 is 2.81 bits per heavy atom. The summed E-state index contributed by atoms with van der Waals surface area (Å²) in [6, 6.07) is 7.34. The molecule has 1 aromatic rings. The second kappa shape index (κ2) is 7.37. The van der Waals surface area contributed by atoms with Crippen LogP contribution >= 0.6 is 0 Å². The Morgan fingerprint density at radius 2 is 2.14 bits per heavy atom. The third kappa shape index (κ3) is 4.79. The van der Waals surface area contributed by atoms with Crippen LogP contribution in [0.2, 0.25) is 0 Å². The third-order valence-corrected chi connectivity index (χ3v) is 4.37. The van der Waals surface area contributed by atoms with Crippen LogP contribution in [0.15, 0.2) is 24.3 Å². The molecule has 2 rings (SSSR count). The van der Waals surface area contributed by atoms with Crippen molar-refractivity contribution in [2.45, 2.75) is 64.7 Å². The van der Waals surface area contributed by atoms with Gasteiger partial charge in [-0.1, -0.05) is 51.8 Å². The highest BCUT2D eigenvalue weighted by Gasteiger charge is 2.36. The number of ether oxygens (including phenoxy) is 1. The normalized spacial score (nSPS) is 26.2. The monoisotopic (exact) mass is 293 g/mol. The molecule has 1 aliphatic rings. The molecule has 0 bridgehead atoms. The largest absolute Gasteiger partial charge is 0.369 e. The first-order valence-corrected chi connectivity index (χ1v) is 8.11. The minimum Gasteiger partial charge on any atom is -0.369 e. The Bertz CT molecular complexity index is 449. The highest BCUT2D eigenvalue weighted by atomic mass is 19.1. The van der Waals surface area contributed by atoms with Crippen molar-refractivity contribution in [1.29, 1.82) is 0 Å². The average Bonchev–Trinajstić information content (AvgIpc) is 2.45. The predicted octanol–water partition coefficient (Wildman–Crippen LogP) is 4.29. The van der Waals surface area contributed by atoms with Gasteiger partial charge >= 0.3 is 0 Å². The molecule has 0 aromatic heterocycles. The van der Waals surface area contributed by atoms with Gasteiger partial charge in [0.15, 0.2) is 0 Å². The van der Waals surface area contributed by atoms with Crippen LogP contribution < -0.4 is 5.32 Å².